The number of carbonyl (C=O) groups excluding carboxylic acids is 1. The highest BCUT2D eigenvalue weighted by Crippen LogP contribution is 2.30. The Bertz CT molecular complexity index is 522. The van der Waals surface area contributed by atoms with E-state index in [2.05, 4.69) is 5.32 Å². The minimum absolute atomic E-state index is 0.00926. The van der Waals surface area contributed by atoms with E-state index in [0.717, 1.165) is 25.3 Å². The molecule has 1 aromatic carbocycles. The van der Waals surface area contributed by atoms with E-state index in [-0.39, 0.29) is 23.3 Å². The zero-order valence-corrected chi connectivity index (χ0v) is 12.3. The van der Waals surface area contributed by atoms with Crippen molar-refractivity contribution in [3.8, 4) is 11.5 Å². The Hall–Kier alpha value is -1.82. The SMILES string of the molecule is COc1cc(F)c(C(=O)NC2CCCC2CN)cc1OC. The zero-order chi connectivity index (χ0) is 15.4. The molecule has 2 atom stereocenters. The van der Waals surface area contributed by atoms with Crippen molar-refractivity contribution in [2.45, 2.75) is 25.3 Å². The predicted octanol–water partition coefficient (Wildman–Crippen LogP) is 1.70. The molecule has 1 amide bonds. The summed E-state index contributed by atoms with van der Waals surface area (Å²) in [7, 11) is 2.86. The van der Waals surface area contributed by atoms with Crippen molar-refractivity contribution in [3.05, 3.63) is 23.5 Å². The third kappa shape index (κ3) is 3.26. The smallest absolute Gasteiger partial charge is 0.254 e. The van der Waals surface area contributed by atoms with Crippen molar-refractivity contribution in [1.82, 2.24) is 5.32 Å². The molecule has 21 heavy (non-hydrogen) atoms. The quantitative estimate of drug-likeness (QED) is 0.867. The Balaban J connectivity index is 2.19. The van der Waals surface area contributed by atoms with Gasteiger partial charge in [0, 0.05) is 12.1 Å². The average Bonchev–Trinajstić information content (AvgIpc) is 2.93. The van der Waals surface area contributed by atoms with E-state index in [0.29, 0.717) is 12.3 Å². The molecular weight excluding hydrogens is 275 g/mol. The van der Waals surface area contributed by atoms with Crippen molar-refractivity contribution in [1.29, 1.82) is 0 Å². The number of rotatable bonds is 5. The molecule has 0 saturated heterocycles. The molecule has 0 aromatic heterocycles. The Morgan fingerprint density at radius 2 is 2.00 bits per heavy atom. The first-order valence-corrected chi connectivity index (χ1v) is 7.03. The van der Waals surface area contributed by atoms with Gasteiger partial charge in [0.2, 0.25) is 0 Å². The van der Waals surface area contributed by atoms with Crippen LogP contribution in [0.2, 0.25) is 0 Å². The van der Waals surface area contributed by atoms with Crippen LogP contribution in [0.25, 0.3) is 0 Å². The van der Waals surface area contributed by atoms with Crippen LogP contribution in [0.1, 0.15) is 29.6 Å². The summed E-state index contributed by atoms with van der Waals surface area (Å²) in [6.07, 6.45) is 2.90. The third-order valence-corrected chi connectivity index (χ3v) is 4.00. The molecule has 0 heterocycles. The second kappa shape index (κ2) is 6.76. The maximum Gasteiger partial charge on any atom is 0.254 e. The lowest BCUT2D eigenvalue weighted by Crippen LogP contribution is -2.40. The number of hydrogen-bond acceptors (Lipinski definition) is 4. The Kier molecular flexibility index (Phi) is 5.01. The van der Waals surface area contributed by atoms with E-state index in [1.54, 1.807) is 0 Å². The van der Waals surface area contributed by atoms with Gasteiger partial charge in [-0.15, -0.1) is 0 Å². The molecule has 1 aliphatic carbocycles. The van der Waals surface area contributed by atoms with Crippen molar-refractivity contribution in [2.75, 3.05) is 20.8 Å². The summed E-state index contributed by atoms with van der Waals surface area (Å²) < 4.78 is 24.1. The molecule has 3 N–H and O–H groups in total. The summed E-state index contributed by atoms with van der Waals surface area (Å²) in [6.45, 7) is 0.527. The number of nitrogens with two attached hydrogens (primary N) is 1. The number of methoxy groups -OCH3 is 2. The van der Waals surface area contributed by atoms with Crippen LogP contribution < -0.4 is 20.5 Å². The Morgan fingerprint density at radius 3 is 2.62 bits per heavy atom. The highest BCUT2D eigenvalue weighted by molar-refractivity contribution is 5.95. The first kappa shape index (κ1) is 15.6. The van der Waals surface area contributed by atoms with Gasteiger partial charge in [-0.3, -0.25) is 4.79 Å². The summed E-state index contributed by atoms with van der Waals surface area (Å²) in [6, 6.07) is 2.52. The van der Waals surface area contributed by atoms with Gasteiger partial charge < -0.3 is 20.5 Å². The molecule has 0 radical (unpaired) electrons. The molecule has 0 bridgehead atoms. The molecule has 0 spiro atoms. The molecular formula is C15H21FN2O3. The van der Waals surface area contributed by atoms with Crippen LogP contribution in [0.4, 0.5) is 4.39 Å². The van der Waals surface area contributed by atoms with Gasteiger partial charge in [0.25, 0.3) is 5.91 Å². The second-order valence-corrected chi connectivity index (χ2v) is 5.19. The summed E-state index contributed by atoms with van der Waals surface area (Å²) in [4.78, 5) is 12.3. The van der Waals surface area contributed by atoms with Gasteiger partial charge in [0.15, 0.2) is 11.5 Å². The highest BCUT2D eigenvalue weighted by atomic mass is 19.1. The second-order valence-electron chi connectivity index (χ2n) is 5.19. The summed E-state index contributed by atoms with van der Waals surface area (Å²) in [5, 5.41) is 2.87. The Morgan fingerprint density at radius 1 is 1.33 bits per heavy atom. The lowest BCUT2D eigenvalue weighted by Gasteiger charge is -2.20. The van der Waals surface area contributed by atoms with Gasteiger partial charge in [-0.25, -0.2) is 4.39 Å². The van der Waals surface area contributed by atoms with E-state index in [9.17, 15) is 9.18 Å². The number of nitrogens with one attached hydrogen (secondary N) is 1. The van der Waals surface area contributed by atoms with Crippen LogP contribution in [0.3, 0.4) is 0 Å². The molecule has 1 aromatic rings. The van der Waals surface area contributed by atoms with Crippen molar-refractivity contribution in [3.63, 3.8) is 0 Å². The third-order valence-electron chi connectivity index (χ3n) is 4.00. The minimum Gasteiger partial charge on any atom is -0.493 e. The van der Waals surface area contributed by atoms with Crippen molar-refractivity contribution in [2.24, 2.45) is 11.7 Å². The number of carbonyl (C=O) groups is 1. The number of halogens is 1. The van der Waals surface area contributed by atoms with Crippen molar-refractivity contribution < 1.29 is 18.7 Å². The zero-order valence-electron chi connectivity index (χ0n) is 12.3. The molecule has 2 rings (SSSR count). The first-order chi connectivity index (χ1) is 10.1. The highest BCUT2D eigenvalue weighted by Gasteiger charge is 2.28. The molecule has 1 fully saturated rings. The first-order valence-electron chi connectivity index (χ1n) is 7.03. The maximum atomic E-state index is 14.0. The van der Waals surface area contributed by atoms with Crippen LogP contribution in [-0.4, -0.2) is 32.7 Å². The average molecular weight is 296 g/mol. The lowest BCUT2D eigenvalue weighted by molar-refractivity contribution is 0.0924. The van der Waals surface area contributed by atoms with E-state index in [4.69, 9.17) is 15.2 Å². The van der Waals surface area contributed by atoms with Gasteiger partial charge >= 0.3 is 0 Å². The van der Waals surface area contributed by atoms with E-state index in [1.165, 1.54) is 20.3 Å². The topological polar surface area (TPSA) is 73.6 Å². The largest absolute Gasteiger partial charge is 0.493 e. The fraction of sp³-hybridized carbons (Fsp3) is 0.533. The summed E-state index contributed by atoms with van der Waals surface area (Å²) in [5.74, 6) is -0.235. The monoisotopic (exact) mass is 296 g/mol. The predicted molar refractivity (Wildman–Crippen MR) is 77.2 cm³/mol. The molecule has 116 valence electrons. The Labute approximate surface area is 123 Å². The molecule has 1 saturated carbocycles. The van der Waals surface area contributed by atoms with Gasteiger partial charge in [-0.2, -0.15) is 0 Å². The van der Waals surface area contributed by atoms with Gasteiger partial charge in [-0.1, -0.05) is 6.42 Å². The van der Waals surface area contributed by atoms with Crippen LogP contribution in [0.5, 0.6) is 11.5 Å². The van der Waals surface area contributed by atoms with Crippen molar-refractivity contribution >= 4 is 5.91 Å². The van der Waals surface area contributed by atoms with Crippen LogP contribution >= 0.6 is 0 Å². The standard InChI is InChI=1S/C15H21FN2O3/c1-20-13-6-10(11(16)7-14(13)21-2)15(19)18-12-5-3-4-9(12)8-17/h6-7,9,12H,3-5,8,17H2,1-2H3,(H,18,19). The fourth-order valence-corrected chi connectivity index (χ4v) is 2.78. The molecule has 1 aliphatic rings. The summed E-state index contributed by atoms with van der Waals surface area (Å²) in [5.41, 5.74) is 5.64. The molecule has 2 unspecified atom stereocenters. The van der Waals surface area contributed by atoms with E-state index < -0.39 is 11.7 Å². The fourth-order valence-electron chi connectivity index (χ4n) is 2.78. The van der Waals surface area contributed by atoms with E-state index >= 15 is 0 Å². The van der Waals surface area contributed by atoms with Crippen LogP contribution in [-0.2, 0) is 0 Å². The van der Waals surface area contributed by atoms with Gasteiger partial charge in [-0.05, 0) is 31.4 Å². The minimum atomic E-state index is -0.632. The van der Waals surface area contributed by atoms with Gasteiger partial charge in [0.1, 0.15) is 5.82 Å². The van der Waals surface area contributed by atoms with Crippen LogP contribution in [0, 0.1) is 11.7 Å². The molecule has 5 nitrogen and oxygen atoms in total. The van der Waals surface area contributed by atoms with E-state index in [1.807, 2.05) is 0 Å². The lowest BCUT2D eigenvalue weighted by atomic mass is 10.0. The molecule has 0 aliphatic heterocycles. The number of hydrogen-bond donors (Lipinski definition) is 2. The number of benzene rings is 1. The maximum absolute atomic E-state index is 14.0. The van der Waals surface area contributed by atoms with Gasteiger partial charge in [0.05, 0.1) is 19.8 Å². The summed E-state index contributed by atoms with van der Waals surface area (Å²) >= 11 is 0. The molecule has 6 heteroatoms. The number of ether oxygens (including phenoxy) is 2. The van der Waals surface area contributed by atoms with Crippen LogP contribution in [0.15, 0.2) is 12.1 Å². The number of amides is 1. The normalized spacial score (nSPS) is 21.1.